The van der Waals surface area contributed by atoms with Crippen molar-refractivity contribution in [2.24, 2.45) is 0 Å². The van der Waals surface area contributed by atoms with E-state index in [4.69, 9.17) is 0 Å². The second-order valence-corrected chi connectivity index (χ2v) is 7.15. The number of phenols is 2. The van der Waals surface area contributed by atoms with Gasteiger partial charge in [-0.2, -0.15) is 0 Å². The fourth-order valence-electron chi connectivity index (χ4n) is 2.76. The highest BCUT2D eigenvalue weighted by Gasteiger charge is 2.10. The number of aryl methyl sites for hydroxylation is 4. The molecule has 0 saturated carbocycles. The molecule has 1 aromatic heterocycles. The summed E-state index contributed by atoms with van der Waals surface area (Å²) in [5.41, 5.74) is 3.52. The van der Waals surface area contributed by atoms with Crippen LogP contribution in [0.25, 0.3) is 0 Å². The van der Waals surface area contributed by atoms with Crippen LogP contribution >= 0.6 is 0 Å². The normalized spacial score (nSPS) is 9.24. The van der Waals surface area contributed by atoms with Gasteiger partial charge in [-0.15, -0.1) is 0 Å². The molecule has 0 spiro atoms. The van der Waals surface area contributed by atoms with E-state index >= 15 is 0 Å². The molecular formula is C27H36NO6+. The van der Waals surface area contributed by atoms with Crippen LogP contribution in [0.15, 0.2) is 60.8 Å². The molecule has 7 heteroatoms. The van der Waals surface area contributed by atoms with Gasteiger partial charge in [-0.25, -0.2) is 14.2 Å². The molecule has 3 rings (SSSR count). The molecule has 2 aromatic carbocycles. The highest BCUT2D eigenvalue weighted by molar-refractivity contribution is 5.92. The predicted octanol–water partition coefficient (Wildman–Crippen LogP) is 4.91. The minimum atomic E-state index is -0.521. The lowest BCUT2D eigenvalue weighted by molar-refractivity contribution is -0.699. The van der Waals surface area contributed by atoms with Crippen LogP contribution in [0, 0.1) is 20.8 Å². The summed E-state index contributed by atoms with van der Waals surface area (Å²) in [5.74, 6) is -1.12. The number of ether oxygens (including phenoxy) is 2. The van der Waals surface area contributed by atoms with Crippen molar-refractivity contribution in [2.75, 3.05) is 14.2 Å². The molecule has 0 aliphatic carbocycles. The number of benzene rings is 2. The summed E-state index contributed by atoms with van der Waals surface area (Å²) in [5, 5.41) is 18.6. The Morgan fingerprint density at radius 2 is 1.24 bits per heavy atom. The topological polar surface area (TPSA) is 96.9 Å². The first-order valence-corrected chi connectivity index (χ1v) is 10.4. The number of hydrogen-bond acceptors (Lipinski definition) is 6. The van der Waals surface area contributed by atoms with Gasteiger partial charge in [0.2, 0.25) is 0 Å². The zero-order chi connectivity index (χ0) is 25.0. The Morgan fingerprint density at radius 1 is 0.794 bits per heavy atom. The average molecular weight is 471 g/mol. The van der Waals surface area contributed by atoms with Gasteiger partial charge in [0.1, 0.15) is 29.2 Å². The minimum absolute atomic E-state index is 0. The van der Waals surface area contributed by atoms with Gasteiger partial charge in [-0.1, -0.05) is 25.6 Å². The number of aromatic hydroxyl groups is 2. The number of nitrogens with zero attached hydrogens (tertiary/aromatic N) is 1. The maximum atomic E-state index is 11.0. The Kier molecular flexibility index (Phi) is 13.3. The molecule has 34 heavy (non-hydrogen) atoms. The number of esters is 2. The molecule has 2 N–H and O–H groups in total. The van der Waals surface area contributed by atoms with Crippen molar-refractivity contribution >= 4 is 11.9 Å². The van der Waals surface area contributed by atoms with E-state index in [9.17, 15) is 19.8 Å². The molecule has 1 heterocycles. The summed E-state index contributed by atoms with van der Waals surface area (Å²) in [6.45, 7) is 8.99. The Bertz CT molecular complexity index is 1010. The van der Waals surface area contributed by atoms with E-state index < -0.39 is 11.9 Å². The van der Waals surface area contributed by atoms with Gasteiger partial charge in [0, 0.05) is 19.1 Å². The molecule has 0 aliphatic rings. The number of aromatic nitrogens is 1. The van der Waals surface area contributed by atoms with Crippen LogP contribution in [0.1, 0.15) is 51.9 Å². The van der Waals surface area contributed by atoms with E-state index in [1.807, 2.05) is 13.8 Å². The zero-order valence-corrected chi connectivity index (χ0v) is 20.0. The van der Waals surface area contributed by atoms with Gasteiger partial charge in [0.05, 0.1) is 14.2 Å². The molecule has 0 radical (unpaired) electrons. The van der Waals surface area contributed by atoms with E-state index in [2.05, 4.69) is 52.3 Å². The second kappa shape index (κ2) is 15.1. The monoisotopic (exact) mass is 470 g/mol. The van der Waals surface area contributed by atoms with E-state index in [-0.39, 0.29) is 30.1 Å². The van der Waals surface area contributed by atoms with Crippen LogP contribution in [-0.2, 0) is 16.0 Å². The predicted molar refractivity (Wildman–Crippen MR) is 132 cm³/mol. The number of carbonyl (C=O) groups excluding carboxylic acids is 2. The third-order valence-electron chi connectivity index (χ3n) is 4.63. The summed E-state index contributed by atoms with van der Waals surface area (Å²) >= 11 is 0. The van der Waals surface area contributed by atoms with E-state index in [1.165, 1.54) is 44.2 Å². The Balaban J connectivity index is 0.000000479. The van der Waals surface area contributed by atoms with E-state index in [0.717, 1.165) is 17.7 Å². The standard InChI is InChI=1S/2C9H10O3.C8H12N.CH4/c2*1-6-3-4-7(8(10)5-6)9(11)12-2;1-3-9-7-5-4-6-8(9)2;/h2*3-5,10H,1-2H3;4-7H,3H2,1-2H3;1H4/q;;+1;. The van der Waals surface area contributed by atoms with Crippen molar-refractivity contribution in [3.8, 4) is 11.5 Å². The number of carbonyl (C=O) groups is 2. The lowest BCUT2D eigenvalue weighted by Gasteiger charge is -2.02. The van der Waals surface area contributed by atoms with Crippen LogP contribution in [0.3, 0.4) is 0 Å². The van der Waals surface area contributed by atoms with Gasteiger partial charge >= 0.3 is 11.9 Å². The summed E-state index contributed by atoms with van der Waals surface area (Å²) in [6.07, 6.45) is 2.09. The number of hydrogen-bond donors (Lipinski definition) is 2. The summed E-state index contributed by atoms with van der Waals surface area (Å²) in [4.78, 5) is 21.9. The van der Waals surface area contributed by atoms with Crippen LogP contribution < -0.4 is 4.57 Å². The highest BCUT2D eigenvalue weighted by Crippen LogP contribution is 2.19. The second-order valence-electron chi connectivity index (χ2n) is 7.15. The van der Waals surface area contributed by atoms with Crippen molar-refractivity contribution in [3.05, 3.63) is 88.7 Å². The number of rotatable bonds is 3. The van der Waals surface area contributed by atoms with Crippen molar-refractivity contribution in [3.63, 3.8) is 0 Å². The van der Waals surface area contributed by atoms with Crippen molar-refractivity contribution < 1.29 is 33.8 Å². The molecule has 0 fully saturated rings. The van der Waals surface area contributed by atoms with Crippen LogP contribution in [0.5, 0.6) is 11.5 Å². The lowest BCUT2D eigenvalue weighted by atomic mass is 10.1. The molecule has 0 unspecified atom stereocenters. The van der Waals surface area contributed by atoms with E-state index in [1.54, 1.807) is 12.1 Å². The lowest BCUT2D eigenvalue weighted by Crippen LogP contribution is -2.34. The van der Waals surface area contributed by atoms with Gasteiger partial charge in [0.15, 0.2) is 11.9 Å². The van der Waals surface area contributed by atoms with Gasteiger partial charge in [-0.05, 0) is 56.2 Å². The molecule has 184 valence electrons. The molecule has 0 amide bonds. The van der Waals surface area contributed by atoms with Crippen molar-refractivity contribution in [2.45, 2.75) is 41.7 Å². The molecule has 3 aromatic rings. The zero-order valence-electron chi connectivity index (χ0n) is 20.0. The van der Waals surface area contributed by atoms with Crippen LogP contribution in [0.2, 0.25) is 0 Å². The fourth-order valence-corrected chi connectivity index (χ4v) is 2.76. The summed E-state index contributed by atoms with van der Waals surface area (Å²) in [6, 6.07) is 15.8. The third kappa shape index (κ3) is 9.32. The first-order valence-electron chi connectivity index (χ1n) is 10.4. The maximum Gasteiger partial charge on any atom is 0.341 e. The molecular weight excluding hydrogens is 434 g/mol. The summed E-state index contributed by atoms with van der Waals surface area (Å²) in [7, 11) is 2.56. The van der Waals surface area contributed by atoms with E-state index in [0.29, 0.717) is 0 Å². The van der Waals surface area contributed by atoms with Crippen LogP contribution in [0.4, 0.5) is 0 Å². The third-order valence-corrected chi connectivity index (χ3v) is 4.63. The molecule has 0 bridgehead atoms. The molecule has 0 aliphatic heterocycles. The smallest absolute Gasteiger partial charge is 0.341 e. The quantitative estimate of drug-likeness (QED) is 0.417. The maximum absolute atomic E-state index is 11.0. The molecule has 7 nitrogen and oxygen atoms in total. The first kappa shape index (κ1) is 30.1. The Morgan fingerprint density at radius 3 is 1.53 bits per heavy atom. The highest BCUT2D eigenvalue weighted by atomic mass is 16.5. The number of methoxy groups -OCH3 is 2. The van der Waals surface area contributed by atoms with Gasteiger partial charge in [-0.3, -0.25) is 0 Å². The average Bonchev–Trinajstić information content (AvgIpc) is 2.79. The molecule has 0 saturated heterocycles. The molecule has 0 atom stereocenters. The van der Waals surface area contributed by atoms with Gasteiger partial charge in [0.25, 0.3) is 0 Å². The summed E-state index contributed by atoms with van der Waals surface area (Å²) < 4.78 is 11.1. The van der Waals surface area contributed by atoms with Crippen molar-refractivity contribution in [1.82, 2.24) is 0 Å². The van der Waals surface area contributed by atoms with Gasteiger partial charge < -0.3 is 19.7 Å². The van der Waals surface area contributed by atoms with Crippen LogP contribution in [-0.4, -0.2) is 36.4 Å². The first-order chi connectivity index (χ1) is 15.6. The minimum Gasteiger partial charge on any atom is -0.507 e. The number of pyridine rings is 1. The SMILES string of the molecule is C.CC[n+]1ccccc1C.COC(=O)c1ccc(C)cc1O.COC(=O)c1ccc(C)cc1O. The Labute approximate surface area is 202 Å². The fraction of sp³-hybridized carbons (Fsp3) is 0.296. The number of phenolic OH excluding ortho intramolecular Hbond substituents is 2. The largest absolute Gasteiger partial charge is 0.507 e. The Hall–Kier alpha value is -3.87. The van der Waals surface area contributed by atoms with Crippen molar-refractivity contribution in [1.29, 1.82) is 0 Å².